The second-order valence-electron chi connectivity index (χ2n) is 8.31. The van der Waals surface area contributed by atoms with E-state index in [2.05, 4.69) is 36.9 Å². The molecule has 1 aliphatic carbocycles. The summed E-state index contributed by atoms with van der Waals surface area (Å²) in [6.45, 7) is 7.39. The van der Waals surface area contributed by atoms with Crippen molar-refractivity contribution in [3.05, 3.63) is 17.7 Å². The van der Waals surface area contributed by atoms with Crippen molar-refractivity contribution in [1.29, 1.82) is 0 Å². The van der Waals surface area contributed by atoms with Crippen LogP contribution in [0.3, 0.4) is 0 Å². The summed E-state index contributed by atoms with van der Waals surface area (Å²) in [4.78, 5) is 17.1. The highest BCUT2D eigenvalue weighted by atomic mass is 16.1. The van der Waals surface area contributed by atoms with Gasteiger partial charge in [-0.3, -0.25) is 4.79 Å². The number of carbonyl (C=O) groups excluding carboxylic acids is 1. The summed E-state index contributed by atoms with van der Waals surface area (Å²) in [5.41, 5.74) is 7.28. The largest absolute Gasteiger partial charge is 0.352 e. The molecule has 23 heavy (non-hydrogen) atoms. The minimum Gasteiger partial charge on any atom is -0.352 e. The first kappa shape index (κ1) is 16.5. The van der Waals surface area contributed by atoms with Gasteiger partial charge >= 0.3 is 0 Å². The average Bonchev–Trinajstić information content (AvgIpc) is 3.05. The van der Waals surface area contributed by atoms with Gasteiger partial charge < -0.3 is 15.6 Å². The van der Waals surface area contributed by atoms with E-state index in [0.29, 0.717) is 12.3 Å². The molecule has 1 unspecified atom stereocenters. The Balaban J connectivity index is 1.57. The van der Waals surface area contributed by atoms with E-state index >= 15 is 0 Å². The number of carbonyl (C=O) groups is 1. The molecule has 5 heteroatoms. The molecule has 1 aliphatic heterocycles. The molecule has 0 spiro atoms. The predicted octanol–water partition coefficient (Wildman–Crippen LogP) is 2.13. The third-order valence-electron chi connectivity index (χ3n) is 5.29. The van der Waals surface area contributed by atoms with Crippen LogP contribution in [0.2, 0.25) is 0 Å². The molecule has 2 heterocycles. The number of hydrogen-bond donors (Lipinski definition) is 2. The Morgan fingerprint density at radius 2 is 2.17 bits per heavy atom. The molecule has 1 fully saturated rings. The van der Waals surface area contributed by atoms with Gasteiger partial charge in [-0.25, -0.2) is 4.98 Å². The van der Waals surface area contributed by atoms with Crippen molar-refractivity contribution in [1.82, 2.24) is 14.9 Å². The lowest BCUT2D eigenvalue weighted by molar-refractivity contribution is -0.123. The molecule has 1 aromatic heterocycles. The van der Waals surface area contributed by atoms with Gasteiger partial charge in [0.05, 0.1) is 5.69 Å². The summed E-state index contributed by atoms with van der Waals surface area (Å²) in [6.07, 6.45) is 7.97. The maximum Gasteiger partial charge on any atom is 0.220 e. The van der Waals surface area contributed by atoms with Gasteiger partial charge in [0.2, 0.25) is 5.91 Å². The molecule has 0 aromatic carbocycles. The predicted molar refractivity (Wildman–Crippen MR) is 91.1 cm³/mol. The van der Waals surface area contributed by atoms with Crippen LogP contribution in [-0.4, -0.2) is 27.5 Å². The van der Waals surface area contributed by atoms with Crippen LogP contribution in [-0.2, 0) is 23.2 Å². The van der Waals surface area contributed by atoms with Gasteiger partial charge in [-0.05, 0) is 25.2 Å². The van der Waals surface area contributed by atoms with Crippen molar-refractivity contribution in [2.24, 2.45) is 11.7 Å². The molecule has 128 valence electrons. The zero-order valence-corrected chi connectivity index (χ0v) is 14.6. The summed E-state index contributed by atoms with van der Waals surface area (Å²) in [7, 11) is 0. The molecule has 3 rings (SSSR count). The second kappa shape index (κ2) is 6.27. The van der Waals surface area contributed by atoms with Crippen molar-refractivity contribution in [2.45, 2.75) is 83.3 Å². The summed E-state index contributed by atoms with van der Waals surface area (Å²) in [5.74, 6) is 1.69. The fourth-order valence-electron chi connectivity index (χ4n) is 3.77. The Bertz CT molecular complexity index is 572. The highest BCUT2D eigenvalue weighted by Gasteiger charge is 2.28. The van der Waals surface area contributed by atoms with E-state index < -0.39 is 0 Å². The van der Waals surface area contributed by atoms with Gasteiger partial charge in [0, 0.05) is 43.1 Å². The summed E-state index contributed by atoms with van der Waals surface area (Å²) < 4.78 is 2.22. The number of nitrogens with zero attached hydrogens (tertiary/aromatic N) is 2. The van der Waals surface area contributed by atoms with Gasteiger partial charge in [0.15, 0.2) is 0 Å². The number of rotatable bonds is 3. The SMILES string of the molecule is CC(C)(C)c1cn2c(n1)CCC(NC(=O)C[C@@H]1CCC[C@H]1N)C2. The number of fused-ring (bicyclic) bond motifs is 1. The van der Waals surface area contributed by atoms with Crippen LogP contribution in [0.1, 0.15) is 64.4 Å². The molecule has 1 amide bonds. The quantitative estimate of drug-likeness (QED) is 0.896. The molecule has 0 saturated heterocycles. The minimum absolute atomic E-state index is 0.0711. The Kier molecular flexibility index (Phi) is 4.50. The van der Waals surface area contributed by atoms with Crippen molar-refractivity contribution in [3.8, 4) is 0 Å². The second-order valence-corrected chi connectivity index (χ2v) is 8.31. The van der Waals surface area contributed by atoms with Crippen molar-refractivity contribution in [3.63, 3.8) is 0 Å². The standard InChI is InChI=1S/C18H30N4O/c1-18(2,3)15-11-22-10-13(7-8-16(22)21-15)20-17(23)9-12-5-4-6-14(12)19/h11-14H,4-10,19H2,1-3H3,(H,20,23)/t12-,13?,14+/m0/s1. The highest BCUT2D eigenvalue weighted by Crippen LogP contribution is 2.27. The highest BCUT2D eigenvalue weighted by molar-refractivity contribution is 5.76. The zero-order chi connectivity index (χ0) is 16.6. The maximum absolute atomic E-state index is 12.3. The number of hydrogen-bond acceptors (Lipinski definition) is 3. The van der Waals surface area contributed by atoms with E-state index in [4.69, 9.17) is 10.7 Å². The van der Waals surface area contributed by atoms with E-state index in [1.807, 2.05) is 0 Å². The Morgan fingerprint density at radius 1 is 1.39 bits per heavy atom. The summed E-state index contributed by atoms with van der Waals surface area (Å²) in [5, 5.41) is 3.21. The monoisotopic (exact) mass is 318 g/mol. The number of nitrogens with two attached hydrogens (primary N) is 1. The van der Waals surface area contributed by atoms with Gasteiger partial charge in [0.1, 0.15) is 5.82 Å². The van der Waals surface area contributed by atoms with Crippen LogP contribution in [0.15, 0.2) is 6.20 Å². The fraction of sp³-hybridized carbons (Fsp3) is 0.778. The number of amides is 1. The Labute approximate surface area is 139 Å². The lowest BCUT2D eigenvalue weighted by Gasteiger charge is -2.25. The van der Waals surface area contributed by atoms with Crippen molar-refractivity contribution >= 4 is 5.91 Å². The lowest BCUT2D eigenvalue weighted by Crippen LogP contribution is -2.42. The van der Waals surface area contributed by atoms with Gasteiger partial charge in [-0.1, -0.05) is 27.2 Å². The van der Waals surface area contributed by atoms with E-state index in [0.717, 1.165) is 50.2 Å². The van der Waals surface area contributed by atoms with E-state index in [9.17, 15) is 4.79 Å². The first-order valence-electron chi connectivity index (χ1n) is 8.94. The Hall–Kier alpha value is -1.36. The topological polar surface area (TPSA) is 72.9 Å². The van der Waals surface area contributed by atoms with Crippen LogP contribution in [0, 0.1) is 5.92 Å². The Morgan fingerprint density at radius 3 is 2.83 bits per heavy atom. The number of aryl methyl sites for hydroxylation is 1. The van der Waals surface area contributed by atoms with Crippen LogP contribution in [0.4, 0.5) is 0 Å². The average molecular weight is 318 g/mol. The molecule has 3 N–H and O–H groups in total. The van der Waals surface area contributed by atoms with E-state index in [-0.39, 0.29) is 23.4 Å². The smallest absolute Gasteiger partial charge is 0.220 e. The zero-order valence-electron chi connectivity index (χ0n) is 14.6. The molecule has 0 bridgehead atoms. The molecular weight excluding hydrogens is 288 g/mol. The third-order valence-corrected chi connectivity index (χ3v) is 5.29. The fourth-order valence-corrected chi connectivity index (χ4v) is 3.77. The molecule has 3 atom stereocenters. The van der Waals surface area contributed by atoms with Gasteiger partial charge in [-0.15, -0.1) is 0 Å². The van der Waals surface area contributed by atoms with Crippen molar-refractivity contribution in [2.75, 3.05) is 0 Å². The molecule has 1 aromatic rings. The van der Waals surface area contributed by atoms with E-state index in [1.54, 1.807) is 0 Å². The van der Waals surface area contributed by atoms with Gasteiger partial charge in [-0.2, -0.15) is 0 Å². The first-order valence-corrected chi connectivity index (χ1v) is 8.94. The number of nitrogens with one attached hydrogen (secondary N) is 1. The number of aromatic nitrogens is 2. The minimum atomic E-state index is 0.0711. The van der Waals surface area contributed by atoms with Crippen LogP contribution in [0.5, 0.6) is 0 Å². The van der Waals surface area contributed by atoms with Crippen molar-refractivity contribution < 1.29 is 4.79 Å². The molecule has 1 saturated carbocycles. The summed E-state index contributed by atoms with van der Waals surface area (Å²) in [6, 6.07) is 0.427. The molecular formula is C18H30N4O. The van der Waals surface area contributed by atoms with Crippen LogP contribution >= 0.6 is 0 Å². The normalized spacial score (nSPS) is 27.7. The van der Waals surface area contributed by atoms with E-state index in [1.165, 1.54) is 0 Å². The number of imidazole rings is 1. The first-order chi connectivity index (χ1) is 10.8. The van der Waals surface area contributed by atoms with Crippen LogP contribution in [0.25, 0.3) is 0 Å². The maximum atomic E-state index is 12.3. The van der Waals surface area contributed by atoms with Gasteiger partial charge in [0.25, 0.3) is 0 Å². The summed E-state index contributed by atoms with van der Waals surface area (Å²) >= 11 is 0. The molecule has 0 radical (unpaired) electrons. The lowest BCUT2D eigenvalue weighted by atomic mass is 9.93. The third kappa shape index (κ3) is 3.77. The molecule has 2 aliphatic rings. The molecule has 5 nitrogen and oxygen atoms in total. The van der Waals surface area contributed by atoms with Crippen LogP contribution < -0.4 is 11.1 Å².